The van der Waals surface area contributed by atoms with E-state index in [4.69, 9.17) is 21.4 Å². The smallest absolute Gasteiger partial charge is 0.307 e. The largest absolute Gasteiger partial charge is 0.493 e. The van der Waals surface area contributed by atoms with Crippen molar-refractivity contribution in [1.82, 2.24) is 0 Å². The summed E-state index contributed by atoms with van der Waals surface area (Å²) in [4.78, 5) is 10.8. The second-order valence-corrected chi connectivity index (χ2v) is 4.84. The van der Waals surface area contributed by atoms with Crippen LogP contribution in [0.15, 0.2) is 48.5 Å². The Morgan fingerprint density at radius 3 is 2.60 bits per heavy atom. The number of halogens is 1. The summed E-state index contributed by atoms with van der Waals surface area (Å²) in [6.07, 6.45) is 0.678. The van der Waals surface area contributed by atoms with Crippen molar-refractivity contribution in [2.24, 2.45) is 0 Å². The summed E-state index contributed by atoms with van der Waals surface area (Å²) in [5.74, 6) is -0.326. The number of carboxylic acids is 1. The van der Waals surface area contributed by atoms with Crippen LogP contribution in [0.4, 0.5) is 0 Å². The van der Waals surface area contributed by atoms with E-state index in [0.29, 0.717) is 22.9 Å². The van der Waals surface area contributed by atoms with Gasteiger partial charge in [0.15, 0.2) is 0 Å². The molecule has 2 rings (SSSR count). The lowest BCUT2D eigenvalue weighted by molar-refractivity contribution is -0.136. The number of ether oxygens (including phenoxy) is 1. The predicted octanol–water partition coefficient (Wildman–Crippen LogP) is 3.59. The highest BCUT2D eigenvalue weighted by Crippen LogP contribution is 2.23. The van der Waals surface area contributed by atoms with E-state index in [2.05, 4.69) is 0 Å². The third kappa shape index (κ3) is 4.28. The summed E-state index contributed by atoms with van der Waals surface area (Å²) < 4.78 is 5.67. The molecule has 0 fully saturated rings. The normalized spacial score (nSPS) is 10.2. The van der Waals surface area contributed by atoms with Gasteiger partial charge >= 0.3 is 5.97 Å². The highest BCUT2D eigenvalue weighted by molar-refractivity contribution is 6.30. The van der Waals surface area contributed by atoms with E-state index in [1.807, 2.05) is 30.3 Å². The van der Waals surface area contributed by atoms with E-state index in [0.717, 1.165) is 6.42 Å². The molecule has 2 aromatic rings. The van der Waals surface area contributed by atoms with Gasteiger partial charge in [-0.2, -0.15) is 0 Å². The molecule has 0 radical (unpaired) electrons. The molecule has 0 heterocycles. The van der Waals surface area contributed by atoms with Gasteiger partial charge in [0, 0.05) is 17.0 Å². The van der Waals surface area contributed by atoms with Gasteiger partial charge in [-0.25, -0.2) is 0 Å². The zero-order chi connectivity index (χ0) is 14.4. The first-order valence-electron chi connectivity index (χ1n) is 6.32. The summed E-state index contributed by atoms with van der Waals surface area (Å²) in [6, 6.07) is 15.0. The first-order chi connectivity index (χ1) is 9.65. The van der Waals surface area contributed by atoms with Crippen molar-refractivity contribution in [3.8, 4) is 5.75 Å². The van der Waals surface area contributed by atoms with Gasteiger partial charge in [-0.05, 0) is 23.8 Å². The Bertz CT molecular complexity index is 582. The summed E-state index contributed by atoms with van der Waals surface area (Å²) in [7, 11) is 0. The van der Waals surface area contributed by atoms with E-state index < -0.39 is 5.97 Å². The van der Waals surface area contributed by atoms with Gasteiger partial charge in [-0.1, -0.05) is 41.9 Å². The molecule has 20 heavy (non-hydrogen) atoms. The molecule has 0 bridgehead atoms. The van der Waals surface area contributed by atoms with Crippen LogP contribution in [0.25, 0.3) is 0 Å². The molecule has 0 atom stereocenters. The van der Waals surface area contributed by atoms with Crippen molar-refractivity contribution in [2.45, 2.75) is 12.8 Å². The Labute approximate surface area is 122 Å². The number of hydrogen-bond donors (Lipinski definition) is 1. The fourth-order valence-electron chi connectivity index (χ4n) is 1.91. The lowest BCUT2D eigenvalue weighted by atomic mass is 10.1. The van der Waals surface area contributed by atoms with E-state index >= 15 is 0 Å². The van der Waals surface area contributed by atoms with Crippen molar-refractivity contribution in [3.63, 3.8) is 0 Å². The number of rotatable bonds is 6. The fraction of sp³-hybridized carbons (Fsp3) is 0.188. The monoisotopic (exact) mass is 290 g/mol. The quantitative estimate of drug-likeness (QED) is 0.884. The fourth-order valence-corrected chi connectivity index (χ4v) is 2.11. The number of carboxylic acid groups (broad SMARTS) is 1. The molecule has 0 aliphatic rings. The summed E-state index contributed by atoms with van der Waals surface area (Å²) in [6.45, 7) is 0.498. The molecule has 2 aromatic carbocycles. The van der Waals surface area contributed by atoms with Crippen molar-refractivity contribution in [3.05, 3.63) is 64.7 Å². The zero-order valence-corrected chi connectivity index (χ0v) is 11.6. The molecule has 0 aromatic heterocycles. The van der Waals surface area contributed by atoms with Gasteiger partial charge in [0.25, 0.3) is 0 Å². The van der Waals surface area contributed by atoms with E-state index in [1.54, 1.807) is 18.2 Å². The molecule has 1 N–H and O–H groups in total. The zero-order valence-electron chi connectivity index (χ0n) is 10.9. The van der Waals surface area contributed by atoms with Gasteiger partial charge in [0.1, 0.15) is 5.75 Å². The van der Waals surface area contributed by atoms with E-state index in [-0.39, 0.29) is 6.42 Å². The third-order valence-electron chi connectivity index (χ3n) is 2.86. The molecule has 4 heteroatoms. The topological polar surface area (TPSA) is 46.5 Å². The molecular formula is C16H15ClO3. The minimum atomic E-state index is -0.903. The van der Waals surface area contributed by atoms with Crippen molar-refractivity contribution in [2.75, 3.05) is 6.61 Å². The van der Waals surface area contributed by atoms with Crippen LogP contribution in [0.2, 0.25) is 5.02 Å². The van der Waals surface area contributed by atoms with Gasteiger partial charge in [-0.15, -0.1) is 0 Å². The van der Waals surface area contributed by atoms with Gasteiger partial charge in [-0.3, -0.25) is 4.79 Å². The Kier molecular flexibility index (Phi) is 5.02. The van der Waals surface area contributed by atoms with Crippen molar-refractivity contribution < 1.29 is 14.6 Å². The lowest BCUT2D eigenvalue weighted by Gasteiger charge is -2.11. The van der Waals surface area contributed by atoms with Crippen molar-refractivity contribution in [1.29, 1.82) is 0 Å². The van der Waals surface area contributed by atoms with Crippen LogP contribution in [0.3, 0.4) is 0 Å². The average Bonchev–Trinajstić information content (AvgIpc) is 2.42. The van der Waals surface area contributed by atoms with Crippen LogP contribution in [-0.4, -0.2) is 17.7 Å². The molecule has 0 saturated carbocycles. The lowest BCUT2D eigenvalue weighted by Crippen LogP contribution is -2.06. The summed E-state index contributed by atoms with van der Waals surface area (Å²) in [5, 5.41) is 9.40. The second-order valence-electron chi connectivity index (χ2n) is 4.41. The molecule has 0 saturated heterocycles. The maximum atomic E-state index is 10.8. The Morgan fingerprint density at radius 1 is 1.15 bits per heavy atom. The Balaban J connectivity index is 2.00. The summed E-state index contributed by atoms with van der Waals surface area (Å²) >= 11 is 5.88. The Morgan fingerprint density at radius 2 is 1.90 bits per heavy atom. The molecule has 0 aliphatic carbocycles. The van der Waals surface area contributed by atoms with E-state index in [1.165, 1.54) is 5.56 Å². The van der Waals surface area contributed by atoms with Crippen LogP contribution in [0.5, 0.6) is 5.75 Å². The van der Waals surface area contributed by atoms with Crippen LogP contribution >= 0.6 is 11.6 Å². The molecular weight excluding hydrogens is 276 g/mol. The molecule has 0 amide bonds. The third-order valence-corrected chi connectivity index (χ3v) is 3.09. The van der Waals surface area contributed by atoms with Gasteiger partial charge in [0.05, 0.1) is 13.0 Å². The van der Waals surface area contributed by atoms with Crippen molar-refractivity contribution >= 4 is 17.6 Å². The predicted molar refractivity (Wildman–Crippen MR) is 78.4 cm³/mol. The number of hydrogen-bond acceptors (Lipinski definition) is 2. The molecule has 0 unspecified atom stereocenters. The number of carbonyl (C=O) groups is 1. The maximum absolute atomic E-state index is 10.8. The average molecular weight is 291 g/mol. The molecule has 0 spiro atoms. The molecule has 104 valence electrons. The summed E-state index contributed by atoms with van der Waals surface area (Å²) in [5.41, 5.74) is 1.78. The number of benzene rings is 2. The standard InChI is InChI=1S/C16H15ClO3/c17-14-6-7-15(13(10-14)11-16(18)19)20-9-8-12-4-2-1-3-5-12/h1-7,10H,8-9,11H2,(H,18,19). The van der Waals surface area contributed by atoms with Gasteiger partial charge < -0.3 is 9.84 Å². The second kappa shape index (κ2) is 6.96. The van der Waals surface area contributed by atoms with Crippen LogP contribution in [0.1, 0.15) is 11.1 Å². The molecule has 0 aliphatic heterocycles. The van der Waals surface area contributed by atoms with Gasteiger partial charge in [0.2, 0.25) is 0 Å². The first-order valence-corrected chi connectivity index (χ1v) is 6.70. The number of aliphatic carboxylic acids is 1. The highest BCUT2D eigenvalue weighted by Gasteiger charge is 2.09. The minimum Gasteiger partial charge on any atom is -0.493 e. The van der Waals surface area contributed by atoms with Crippen LogP contribution in [-0.2, 0) is 17.6 Å². The van der Waals surface area contributed by atoms with Crippen LogP contribution in [0, 0.1) is 0 Å². The van der Waals surface area contributed by atoms with E-state index in [9.17, 15) is 4.79 Å². The SMILES string of the molecule is O=C(O)Cc1cc(Cl)ccc1OCCc1ccccc1. The molecule has 3 nitrogen and oxygen atoms in total. The van der Waals surface area contributed by atoms with Crippen LogP contribution < -0.4 is 4.74 Å². The Hall–Kier alpha value is -2.00. The first kappa shape index (κ1) is 14.4. The minimum absolute atomic E-state index is 0.0960. The maximum Gasteiger partial charge on any atom is 0.307 e. The highest BCUT2D eigenvalue weighted by atomic mass is 35.5.